The van der Waals surface area contributed by atoms with Gasteiger partial charge in [0.15, 0.2) is 6.29 Å². The van der Waals surface area contributed by atoms with Crippen LogP contribution in [-0.4, -0.2) is 42.6 Å². The van der Waals surface area contributed by atoms with Gasteiger partial charge >= 0.3 is 0 Å². The minimum atomic E-state index is -0.391. The van der Waals surface area contributed by atoms with Gasteiger partial charge in [-0.1, -0.05) is 0 Å². The zero-order valence-electron chi connectivity index (χ0n) is 10.6. The molecule has 6 heteroatoms. The van der Waals surface area contributed by atoms with Crippen LogP contribution in [0.25, 0.3) is 0 Å². The SMILES string of the molecule is CC(=O)CCCCOC1CC(O)CC(COI)O1. The molecule has 106 valence electrons. The van der Waals surface area contributed by atoms with Crippen LogP contribution in [0.1, 0.15) is 39.0 Å². The summed E-state index contributed by atoms with van der Waals surface area (Å²) in [6.07, 6.45) is 2.52. The summed E-state index contributed by atoms with van der Waals surface area (Å²) in [4.78, 5) is 10.8. The fourth-order valence-electron chi connectivity index (χ4n) is 1.92. The monoisotopic (exact) mass is 372 g/mol. The van der Waals surface area contributed by atoms with Crippen molar-refractivity contribution in [2.24, 2.45) is 0 Å². The van der Waals surface area contributed by atoms with E-state index in [4.69, 9.17) is 12.5 Å². The van der Waals surface area contributed by atoms with Gasteiger partial charge in [-0.05, 0) is 19.8 Å². The second kappa shape index (κ2) is 9.19. The molecule has 0 aromatic carbocycles. The minimum Gasteiger partial charge on any atom is -0.393 e. The number of ketones is 1. The largest absolute Gasteiger partial charge is 0.393 e. The summed E-state index contributed by atoms with van der Waals surface area (Å²) in [6, 6.07) is 0. The Morgan fingerprint density at radius 2 is 2.22 bits per heavy atom. The van der Waals surface area contributed by atoms with E-state index in [1.807, 2.05) is 23.0 Å². The summed E-state index contributed by atoms with van der Waals surface area (Å²) in [5.41, 5.74) is 0. The molecule has 0 radical (unpaired) electrons. The summed E-state index contributed by atoms with van der Waals surface area (Å²) in [7, 11) is 0. The number of aliphatic hydroxyl groups excluding tert-OH is 1. The number of carbonyl (C=O) groups is 1. The molecular weight excluding hydrogens is 351 g/mol. The van der Waals surface area contributed by atoms with Crippen LogP contribution >= 0.6 is 23.0 Å². The maximum atomic E-state index is 10.8. The highest BCUT2D eigenvalue weighted by Gasteiger charge is 2.28. The Morgan fingerprint density at radius 1 is 1.44 bits per heavy atom. The number of aliphatic hydroxyl groups is 1. The average Bonchev–Trinajstić information content (AvgIpc) is 2.28. The Kier molecular flexibility index (Phi) is 8.32. The van der Waals surface area contributed by atoms with E-state index in [-0.39, 0.29) is 18.2 Å². The van der Waals surface area contributed by atoms with Gasteiger partial charge in [-0.2, -0.15) is 0 Å². The fraction of sp³-hybridized carbons (Fsp3) is 0.917. The second-order valence-corrected chi connectivity index (χ2v) is 5.24. The molecule has 1 N–H and O–H groups in total. The number of hydrogen-bond acceptors (Lipinski definition) is 5. The zero-order valence-corrected chi connectivity index (χ0v) is 12.8. The number of rotatable bonds is 8. The van der Waals surface area contributed by atoms with Gasteiger partial charge in [0.05, 0.1) is 18.8 Å². The van der Waals surface area contributed by atoms with Crippen LogP contribution in [0.5, 0.6) is 0 Å². The molecule has 1 fully saturated rings. The van der Waals surface area contributed by atoms with Gasteiger partial charge in [-0.15, -0.1) is 0 Å². The predicted molar refractivity (Wildman–Crippen MR) is 74.4 cm³/mol. The summed E-state index contributed by atoms with van der Waals surface area (Å²) >= 11 is 1.82. The normalized spacial score (nSPS) is 28.3. The van der Waals surface area contributed by atoms with Crippen molar-refractivity contribution in [3.63, 3.8) is 0 Å². The molecule has 1 aliphatic rings. The maximum absolute atomic E-state index is 10.8. The summed E-state index contributed by atoms with van der Waals surface area (Å²) in [5.74, 6) is 0.207. The summed E-state index contributed by atoms with van der Waals surface area (Å²) < 4.78 is 16.2. The first-order valence-corrected chi connectivity index (χ1v) is 7.18. The number of carbonyl (C=O) groups excluding carboxylic acids is 1. The fourth-order valence-corrected chi connectivity index (χ4v) is 2.32. The van der Waals surface area contributed by atoms with Gasteiger partial charge in [-0.25, -0.2) is 0 Å². The lowest BCUT2D eigenvalue weighted by Gasteiger charge is -2.32. The Morgan fingerprint density at radius 3 is 2.89 bits per heavy atom. The van der Waals surface area contributed by atoms with Crippen LogP contribution < -0.4 is 0 Å². The number of hydrogen-bond donors (Lipinski definition) is 1. The van der Waals surface area contributed by atoms with Crippen LogP contribution in [0, 0.1) is 0 Å². The third-order valence-corrected chi connectivity index (χ3v) is 3.18. The Balaban J connectivity index is 2.14. The van der Waals surface area contributed by atoms with E-state index >= 15 is 0 Å². The van der Waals surface area contributed by atoms with Crippen molar-refractivity contribution in [3.8, 4) is 0 Å². The molecule has 1 heterocycles. The van der Waals surface area contributed by atoms with Crippen molar-refractivity contribution >= 4 is 28.8 Å². The molecule has 0 bridgehead atoms. The van der Waals surface area contributed by atoms with Crippen molar-refractivity contribution in [1.82, 2.24) is 0 Å². The number of ether oxygens (including phenoxy) is 2. The molecule has 0 aromatic heterocycles. The van der Waals surface area contributed by atoms with Crippen molar-refractivity contribution in [2.75, 3.05) is 13.2 Å². The quantitative estimate of drug-likeness (QED) is 0.522. The van der Waals surface area contributed by atoms with Gasteiger partial charge in [-0.3, -0.25) is 0 Å². The lowest BCUT2D eigenvalue weighted by molar-refractivity contribution is -0.218. The van der Waals surface area contributed by atoms with Gasteiger partial charge in [0.2, 0.25) is 0 Å². The Hall–Kier alpha value is 0.240. The number of unbranched alkanes of at least 4 members (excludes halogenated alkanes) is 1. The van der Waals surface area contributed by atoms with E-state index < -0.39 is 6.10 Å². The molecule has 0 spiro atoms. The topological polar surface area (TPSA) is 65.0 Å². The van der Waals surface area contributed by atoms with E-state index in [1.54, 1.807) is 6.92 Å². The van der Waals surface area contributed by atoms with E-state index in [9.17, 15) is 9.90 Å². The Labute approximate surface area is 122 Å². The van der Waals surface area contributed by atoms with Crippen LogP contribution in [0.15, 0.2) is 0 Å². The van der Waals surface area contributed by atoms with E-state index in [0.717, 1.165) is 12.8 Å². The molecule has 0 amide bonds. The first-order chi connectivity index (χ1) is 8.61. The molecule has 0 saturated carbocycles. The van der Waals surface area contributed by atoms with Crippen LogP contribution in [0.3, 0.4) is 0 Å². The summed E-state index contributed by atoms with van der Waals surface area (Å²) in [5, 5.41) is 9.69. The lowest BCUT2D eigenvalue weighted by Crippen LogP contribution is -2.39. The van der Waals surface area contributed by atoms with E-state index in [1.165, 1.54) is 0 Å². The van der Waals surface area contributed by atoms with Crippen molar-refractivity contribution < 1.29 is 22.4 Å². The number of Topliss-reactive ketones (excluding diaryl/α,β-unsaturated/α-hetero) is 1. The zero-order chi connectivity index (χ0) is 13.4. The summed E-state index contributed by atoms with van der Waals surface area (Å²) in [6.45, 7) is 2.61. The molecule has 18 heavy (non-hydrogen) atoms. The van der Waals surface area contributed by atoms with Gasteiger partial charge < -0.3 is 22.4 Å². The molecule has 3 unspecified atom stereocenters. The van der Waals surface area contributed by atoms with Crippen molar-refractivity contribution in [1.29, 1.82) is 0 Å². The lowest BCUT2D eigenvalue weighted by atomic mass is 10.1. The molecule has 0 aliphatic carbocycles. The third-order valence-electron chi connectivity index (χ3n) is 2.82. The predicted octanol–water partition coefficient (Wildman–Crippen LogP) is 1.99. The first kappa shape index (κ1) is 16.3. The van der Waals surface area contributed by atoms with E-state index in [2.05, 4.69) is 0 Å². The third kappa shape index (κ3) is 6.98. The molecule has 1 rings (SSSR count). The second-order valence-electron chi connectivity index (χ2n) is 4.62. The minimum absolute atomic E-state index is 0.104. The van der Waals surface area contributed by atoms with Crippen LogP contribution in [0.2, 0.25) is 0 Å². The Bertz CT molecular complexity index is 249. The highest BCUT2D eigenvalue weighted by molar-refractivity contribution is 14.1. The standard InChI is InChI=1S/C12H21IO5/c1-9(14)4-2-3-5-16-12-7-10(15)6-11(18-12)8-17-13/h10-12,15H,2-8H2,1H3. The van der Waals surface area contributed by atoms with Crippen molar-refractivity contribution in [3.05, 3.63) is 0 Å². The molecular formula is C12H21IO5. The smallest absolute Gasteiger partial charge is 0.160 e. The van der Waals surface area contributed by atoms with Gasteiger partial charge in [0.25, 0.3) is 0 Å². The molecule has 1 aliphatic heterocycles. The van der Waals surface area contributed by atoms with Gasteiger partial charge in [0.1, 0.15) is 28.8 Å². The maximum Gasteiger partial charge on any atom is 0.160 e. The number of halogens is 1. The first-order valence-electron chi connectivity index (χ1n) is 6.30. The van der Waals surface area contributed by atoms with Crippen molar-refractivity contribution in [2.45, 2.75) is 57.5 Å². The molecule has 0 aromatic rings. The molecule has 3 atom stereocenters. The molecule has 1 saturated heterocycles. The highest BCUT2D eigenvalue weighted by atomic mass is 127. The highest BCUT2D eigenvalue weighted by Crippen LogP contribution is 2.21. The van der Waals surface area contributed by atoms with E-state index in [0.29, 0.717) is 32.5 Å². The molecule has 5 nitrogen and oxygen atoms in total. The van der Waals surface area contributed by atoms with Crippen LogP contribution in [0.4, 0.5) is 0 Å². The van der Waals surface area contributed by atoms with Gasteiger partial charge in [0, 0.05) is 25.9 Å². The average molecular weight is 372 g/mol. The van der Waals surface area contributed by atoms with Crippen LogP contribution in [-0.2, 0) is 17.3 Å².